The molecule has 0 unspecified atom stereocenters. The fourth-order valence-electron chi connectivity index (χ4n) is 1.31. The van der Waals surface area contributed by atoms with Crippen LogP contribution in [0.3, 0.4) is 0 Å². The van der Waals surface area contributed by atoms with E-state index < -0.39 is 0 Å². The van der Waals surface area contributed by atoms with E-state index in [-0.39, 0.29) is 0 Å². The van der Waals surface area contributed by atoms with Gasteiger partial charge in [-0.15, -0.1) is 0 Å². The summed E-state index contributed by atoms with van der Waals surface area (Å²) in [5, 5.41) is 0. The number of hydrogen-bond donors (Lipinski definition) is 0. The standard InChI is InChI=1S/C13H19N/c1-10(2)11(3)12-6-8-13(9-7-12)14(4)5/h6-10H,3H2,1-2,4-5H3. The molecule has 0 atom stereocenters. The van der Waals surface area contributed by atoms with Crippen molar-refractivity contribution >= 4 is 11.3 Å². The number of benzene rings is 1. The predicted molar refractivity (Wildman–Crippen MR) is 64.6 cm³/mol. The van der Waals surface area contributed by atoms with Gasteiger partial charge in [-0.25, -0.2) is 0 Å². The molecule has 1 nitrogen and oxygen atoms in total. The number of anilines is 1. The first kappa shape index (κ1) is 10.8. The van der Waals surface area contributed by atoms with E-state index >= 15 is 0 Å². The van der Waals surface area contributed by atoms with Gasteiger partial charge in [0.25, 0.3) is 0 Å². The maximum absolute atomic E-state index is 4.09. The average molecular weight is 189 g/mol. The molecule has 0 saturated heterocycles. The molecule has 0 aromatic heterocycles. The lowest BCUT2D eigenvalue weighted by Crippen LogP contribution is -2.08. The summed E-state index contributed by atoms with van der Waals surface area (Å²) in [6, 6.07) is 8.53. The molecule has 1 rings (SSSR count). The van der Waals surface area contributed by atoms with Gasteiger partial charge in [0.1, 0.15) is 0 Å². The van der Waals surface area contributed by atoms with E-state index in [2.05, 4.69) is 49.6 Å². The van der Waals surface area contributed by atoms with Crippen molar-refractivity contribution < 1.29 is 0 Å². The number of allylic oxidation sites excluding steroid dienone is 1. The van der Waals surface area contributed by atoms with Crippen molar-refractivity contribution in [2.75, 3.05) is 19.0 Å². The Morgan fingerprint density at radius 2 is 1.64 bits per heavy atom. The molecule has 0 amide bonds. The Hall–Kier alpha value is -1.24. The average Bonchev–Trinajstić information content (AvgIpc) is 2.16. The first-order valence-electron chi connectivity index (χ1n) is 4.99. The van der Waals surface area contributed by atoms with E-state index in [0.29, 0.717) is 5.92 Å². The summed E-state index contributed by atoms with van der Waals surface area (Å²) in [6.45, 7) is 8.42. The summed E-state index contributed by atoms with van der Waals surface area (Å²) in [5.41, 5.74) is 3.67. The third kappa shape index (κ3) is 2.38. The largest absolute Gasteiger partial charge is 0.378 e. The van der Waals surface area contributed by atoms with Crippen LogP contribution in [0.5, 0.6) is 0 Å². The Bertz CT molecular complexity index is 307. The highest BCUT2D eigenvalue weighted by molar-refractivity contribution is 5.66. The van der Waals surface area contributed by atoms with Crippen LogP contribution in [0.2, 0.25) is 0 Å². The van der Waals surface area contributed by atoms with E-state index in [4.69, 9.17) is 0 Å². The van der Waals surface area contributed by atoms with Crippen molar-refractivity contribution in [2.24, 2.45) is 5.92 Å². The topological polar surface area (TPSA) is 3.24 Å². The van der Waals surface area contributed by atoms with Gasteiger partial charge < -0.3 is 4.90 Å². The Morgan fingerprint density at radius 1 is 1.14 bits per heavy atom. The van der Waals surface area contributed by atoms with E-state index in [1.807, 2.05) is 14.1 Å². The molecular formula is C13H19N. The van der Waals surface area contributed by atoms with Crippen LogP contribution in [0.1, 0.15) is 19.4 Å². The van der Waals surface area contributed by atoms with Crippen molar-refractivity contribution in [1.29, 1.82) is 0 Å². The van der Waals surface area contributed by atoms with E-state index in [1.165, 1.54) is 16.8 Å². The minimum Gasteiger partial charge on any atom is -0.378 e. The number of hydrogen-bond acceptors (Lipinski definition) is 1. The summed E-state index contributed by atoms with van der Waals surface area (Å²) in [6.07, 6.45) is 0. The summed E-state index contributed by atoms with van der Waals surface area (Å²) in [7, 11) is 4.10. The van der Waals surface area contributed by atoms with Gasteiger partial charge in [0.05, 0.1) is 0 Å². The molecule has 1 aromatic rings. The molecule has 0 radical (unpaired) electrons. The second-order valence-corrected chi connectivity index (χ2v) is 4.12. The zero-order valence-corrected chi connectivity index (χ0v) is 9.54. The van der Waals surface area contributed by atoms with Gasteiger partial charge in [-0.1, -0.05) is 32.6 Å². The Labute approximate surface area is 87.1 Å². The van der Waals surface area contributed by atoms with Gasteiger partial charge in [-0.2, -0.15) is 0 Å². The van der Waals surface area contributed by atoms with Crippen LogP contribution in [0.4, 0.5) is 5.69 Å². The van der Waals surface area contributed by atoms with Crippen LogP contribution in [0.15, 0.2) is 30.8 Å². The fourth-order valence-corrected chi connectivity index (χ4v) is 1.31. The summed E-state index contributed by atoms with van der Waals surface area (Å²) in [4.78, 5) is 2.10. The third-order valence-electron chi connectivity index (χ3n) is 2.45. The molecule has 0 aliphatic heterocycles. The van der Waals surface area contributed by atoms with Crippen LogP contribution >= 0.6 is 0 Å². The molecule has 0 fully saturated rings. The third-order valence-corrected chi connectivity index (χ3v) is 2.45. The van der Waals surface area contributed by atoms with Crippen LogP contribution in [-0.4, -0.2) is 14.1 Å². The maximum atomic E-state index is 4.09. The van der Waals surface area contributed by atoms with Crippen LogP contribution in [-0.2, 0) is 0 Å². The highest BCUT2D eigenvalue weighted by Crippen LogP contribution is 2.22. The van der Waals surface area contributed by atoms with Crippen molar-refractivity contribution in [3.05, 3.63) is 36.4 Å². The van der Waals surface area contributed by atoms with Gasteiger partial charge in [0.2, 0.25) is 0 Å². The molecule has 0 N–H and O–H groups in total. The molecule has 0 heterocycles. The van der Waals surface area contributed by atoms with Gasteiger partial charge in [-0.05, 0) is 29.2 Å². The van der Waals surface area contributed by atoms with E-state index in [1.54, 1.807) is 0 Å². The molecule has 76 valence electrons. The minimum atomic E-state index is 0.514. The number of rotatable bonds is 3. The SMILES string of the molecule is C=C(c1ccc(N(C)C)cc1)C(C)C. The molecule has 0 spiro atoms. The summed E-state index contributed by atoms with van der Waals surface area (Å²) >= 11 is 0. The van der Waals surface area contributed by atoms with Gasteiger partial charge in [0.15, 0.2) is 0 Å². The zero-order valence-electron chi connectivity index (χ0n) is 9.54. The number of nitrogens with zero attached hydrogens (tertiary/aromatic N) is 1. The predicted octanol–water partition coefficient (Wildman–Crippen LogP) is 3.42. The van der Waals surface area contributed by atoms with Crippen LogP contribution in [0.25, 0.3) is 5.57 Å². The molecule has 0 bridgehead atoms. The Kier molecular flexibility index (Phi) is 3.34. The normalized spacial score (nSPS) is 10.4. The van der Waals surface area contributed by atoms with Crippen molar-refractivity contribution in [3.63, 3.8) is 0 Å². The van der Waals surface area contributed by atoms with E-state index in [9.17, 15) is 0 Å². The highest BCUT2D eigenvalue weighted by Gasteiger charge is 2.03. The second kappa shape index (κ2) is 4.32. The first-order chi connectivity index (χ1) is 6.52. The lowest BCUT2D eigenvalue weighted by atomic mass is 9.97. The van der Waals surface area contributed by atoms with Crippen molar-refractivity contribution in [1.82, 2.24) is 0 Å². The smallest absolute Gasteiger partial charge is 0.0361 e. The fraction of sp³-hybridized carbons (Fsp3) is 0.385. The maximum Gasteiger partial charge on any atom is 0.0361 e. The molecule has 0 aliphatic carbocycles. The van der Waals surface area contributed by atoms with Crippen molar-refractivity contribution in [3.8, 4) is 0 Å². The molecule has 1 aromatic carbocycles. The van der Waals surface area contributed by atoms with Gasteiger partial charge >= 0.3 is 0 Å². The van der Waals surface area contributed by atoms with E-state index in [0.717, 1.165) is 0 Å². The molecule has 0 aliphatic rings. The lowest BCUT2D eigenvalue weighted by molar-refractivity contribution is 0.858. The molecule has 1 heteroatoms. The van der Waals surface area contributed by atoms with Gasteiger partial charge in [0, 0.05) is 19.8 Å². The quantitative estimate of drug-likeness (QED) is 0.704. The van der Waals surface area contributed by atoms with Gasteiger partial charge in [-0.3, -0.25) is 0 Å². The molecular weight excluding hydrogens is 170 g/mol. The Balaban J connectivity index is 2.89. The molecule has 0 saturated carbocycles. The highest BCUT2D eigenvalue weighted by atomic mass is 15.1. The minimum absolute atomic E-state index is 0.514. The monoisotopic (exact) mass is 189 g/mol. The second-order valence-electron chi connectivity index (χ2n) is 4.12. The Morgan fingerprint density at radius 3 is 2.00 bits per heavy atom. The lowest BCUT2D eigenvalue weighted by Gasteiger charge is -2.14. The van der Waals surface area contributed by atoms with Crippen LogP contribution in [0, 0.1) is 5.92 Å². The van der Waals surface area contributed by atoms with Crippen LogP contribution < -0.4 is 4.90 Å². The zero-order chi connectivity index (χ0) is 10.7. The first-order valence-corrected chi connectivity index (χ1v) is 4.99. The summed E-state index contributed by atoms with van der Waals surface area (Å²) < 4.78 is 0. The molecule has 14 heavy (non-hydrogen) atoms. The summed E-state index contributed by atoms with van der Waals surface area (Å²) in [5.74, 6) is 0.514. The van der Waals surface area contributed by atoms with Crippen molar-refractivity contribution in [2.45, 2.75) is 13.8 Å².